The van der Waals surface area contributed by atoms with Gasteiger partial charge in [-0.3, -0.25) is 4.79 Å². The summed E-state index contributed by atoms with van der Waals surface area (Å²) in [7, 11) is 0. The molecule has 2 N–H and O–H groups in total. The van der Waals surface area contributed by atoms with Crippen molar-refractivity contribution in [1.82, 2.24) is 5.32 Å². The lowest BCUT2D eigenvalue weighted by Gasteiger charge is -2.22. The molecule has 0 atom stereocenters. The van der Waals surface area contributed by atoms with Crippen LogP contribution in [0.4, 0.5) is 5.69 Å². The van der Waals surface area contributed by atoms with Crippen molar-refractivity contribution >= 4 is 11.6 Å². The van der Waals surface area contributed by atoms with Crippen molar-refractivity contribution in [2.45, 2.75) is 58.4 Å². The molecular formula is C17H26N2O. The second-order valence-electron chi connectivity index (χ2n) is 5.83. The second-order valence-corrected chi connectivity index (χ2v) is 5.83. The second kappa shape index (κ2) is 7.32. The predicted octanol–water partition coefficient (Wildman–Crippen LogP) is 3.55. The summed E-state index contributed by atoms with van der Waals surface area (Å²) < 4.78 is 0. The molecule has 0 radical (unpaired) electrons. The molecule has 0 aromatic heterocycles. The highest BCUT2D eigenvalue weighted by Gasteiger charge is 2.15. The van der Waals surface area contributed by atoms with Crippen LogP contribution in [-0.2, 0) is 4.79 Å². The molecule has 0 saturated heterocycles. The third kappa shape index (κ3) is 4.26. The predicted molar refractivity (Wildman–Crippen MR) is 84.0 cm³/mol. The number of aryl methyl sites for hydroxylation is 1. The van der Waals surface area contributed by atoms with E-state index in [-0.39, 0.29) is 5.91 Å². The van der Waals surface area contributed by atoms with E-state index in [0.29, 0.717) is 19.0 Å². The molecule has 1 aliphatic carbocycles. The van der Waals surface area contributed by atoms with E-state index in [9.17, 15) is 4.79 Å². The number of amides is 1. The van der Waals surface area contributed by atoms with E-state index in [1.165, 1.54) is 30.4 Å². The van der Waals surface area contributed by atoms with E-state index in [1.807, 2.05) is 6.07 Å². The Morgan fingerprint density at radius 2 is 1.95 bits per heavy atom. The molecule has 1 saturated carbocycles. The molecule has 1 aromatic rings. The first-order valence-electron chi connectivity index (χ1n) is 7.76. The highest BCUT2D eigenvalue weighted by molar-refractivity contribution is 5.76. The molecule has 110 valence electrons. The van der Waals surface area contributed by atoms with Crippen LogP contribution in [0.15, 0.2) is 18.2 Å². The first-order chi connectivity index (χ1) is 9.66. The monoisotopic (exact) mass is 274 g/mol. The molecular weight excluding hydrogens is 248 g/mol. The number of anilines is 1. The number of rotatable bonds is 5. The van der Waals surface area contributed by atoms with Crippen molar-refractivity contribution in [3.63, 3.8) is 0 Å². The molecule has 1 aromatic carbocycles. The lowest BCUT2D eigenvalue weighted by Crippen LogP contribution is -2.36. The Labute approximate surface area is 122 Å². The molecule has 3 heteroatoms. The van der Waals surface area contributed by atoms with Crippen LogP contribution in [0.3, 0.4) is 0 Å². The zero-order valence-electron chi connectivity index (χ0n) is 12.7. The minimum absolute atomic E-state index is 0.176. The molecule has 1 fully saturated rings. The number of benzene rings is 1. The number of hydrogen-bond acceptors (Lipinski definition) is 2. The molecule has 0 bridgehead atoms. The van der Waals surface area contributed by atoms with Gasteiger partial charge in [0.2, 0.25) is 5.91 Å². The molecule has 2 rings (SSSR count). The van der Waals surface area contributed by atoms with Crippen LogP contribution in [0.1, 0.15) is 49.7 Å². The Balaban J connectivity index is 1.72. The molecule has 1 aliphatic rings. The zero-order chi connectivity index (χ0) is 14.4. The quantitative estimate of drug-likeness (QED) is 0.862. The number of carbonyl (C=O) groups is 1. The van der Waals surface area contributed by atoms with E-state index < -0.39 is 0 Å². The van der Waals surface area contributed by atoms with E-state index in [0.717, 1.165) is 18.5 Å². The Morgan fingerprint density at radius 1 is 1.20 bits per heavy atom. The first kappa shape index (κ1) is 14.9. The van der Waals surface area contributed by atoms with E-state index >= 15 is 0 Å². The van der Waals surface area contributed by atoms with Crippen LogP contribution in [0.2, 0.25) is 0 Å². The summed E-state index contributed by atoms with van der Waals surface area (Å²) in [4.78, 5) is 11.9. The van der Waals surface area contributed by atoms with Crippen LogP contribution in [0.25, 0.3) is 0 Å². The number of nitrogens with one attached hydrogen (secondary N) is 2. The van der Waals surface area contributed by atoms with Gasteiger partial charge in [0.05, 0.1) is 0 Å². The lowest BCUT2D eigenvalue weighted by molar-refractivity contribution is -0.121. The van der Waals surface area contributed by atoms with Gasteiger partial charge in [-0.25, -0.2) is 0 Å². The van der Waals surface area contributed by atoms with Gasteiger partial charge in [-0.1, -0.05) is 31.4 Å². The van der Waals surface area contributed by atoms with Gasteiger partial charge in [0.1, 0.15) is 0 Å². The van der Waals surface area contributed by atoms with Crippen molar-refractivity contribution in [2.75, 3.05) is 11.9 Å². The van der Waals surface area contributed by atoms with Crippen LogP contribution in [0.5, 0.6) is 0 Å². The van der Waals surface area contributed by atoms with Crippen molar-refractivity contribution in [1.29, 1.82) is 0 Å². The molecule has 0 unspecified atom stereocenters. The average Bonchev–Trinajstić information content (AvgIpc) is 2.44. The maximum atomic E-state index is 11.9. The minimum Gasteiger partial charge on any atom is -0.384 e. The van der Waals surface area contributed by atoms with Gasteiger partial charge >= 0.3 is 0 Å². The minimum atomic E-state index is 0.176. The summed E-state index contributed by atoms with van der Waals surface area (Å²) in [6, 6.07) is 6.64. The standard InChI is InChI=1S/C17H26N2O/c1-13-7-6-10-16(14(13)2)18-12-11-17(20)19-15-8-4-3-5-9-15/h6-7,10,15,18H,3-5,8-9,11-12H2,1-2H3,(H,19,20). The fourth-order valence-electron chi connectivity index (χ4n) is 2.80. The Bertz CT molecular complexity index is 450. The topological polar surface area (TPSA) is 41.1 Å². The number of carbonyl (C=O) groups excluding carboxylic acids is 1. The summed E-state index contributed by atoms with van der Waals surface area (Å²) >= 11 is 0. The van der Waals surface area contributed by atoms with Gasteiger partial charge in [-0.15, -0.1) is 0 Å². The molecule has 0 heterocycles. The molecule has 1 amide bonds. The van der Waals surface area contributed by atoms with Crippen LogP contribution >= 0.6 is 0 Å². The Morgan fingerprint density at radius 3 is 2.70 bits per heavy atom. The van der Waals surface area contributed by atoms with E-state index in [4.69, 9.17) is 0 Å². The molecule has 0 spiro atoms. The van der Waals surface area contributed by atoms with Gasteiger partial charge in [0, 0.05) is 24.7 Å². The fourth-order valence-corrected chi connectivity index (χ4v) is 2.80. The van der Waals surface area contributed by atoms with Gasteiger partial charge < -0.3 is 10.6 Å². The Kier molecular flexibility index (Phi) is 5.45. The summed E-state index contributed by atoms with van der Waals surface area (Å²) in [6.07, 6.45) is 6.67. The molecule has 0 aliphatic heterocycles. The smallest absolute Gasteiger partial charge is 0.221 e. The summed E-state index contributed by atoms with van der Waals surface area (Å²) in [6.45, 7) is 4.92. The SMILES string of the molecule is Cc1cccc(NCCC(=O)NC2CCCCC2)c1C. The van der Waals surface area contributed by atoms with Gasteiger partial charge in [-0.05, 0) is 43.9 Å². The van der Waals surface area contributed by atoms with Crippen LogP contribution < -0.4 is 10.6 Å². The van der Waals surface area contributed by atoms with E-state index in [2.05, 4.69) is 36.6 Å². The molecule has 20 heavy (non-hydrogen) atoms. The maximum Gasteiger partial charge on any atom is 0.221 e. The summed E-state index contributed by atoms with van der Waals surface area (Å²) in [5, 5.41) is 6.51. The van der Waals surface area contributed by atoms with Crippen LogP contribution in [0, 0.1) is 13.8 Å². The highest BCUT2D eigenvalue weighted by Crippen LogP contribution is 2.18. The highest BCUT2D eigenvalue weighted by atomic mass is 16.1. The van der Waals surface area contributed by atoms with Gasteiger partial charge in [0.25, 0.3) is 0 Å². The number of hydrogen-bond donors (Lipinski definition) is 2. The zero-order valence-corrected chi connectivity index (χ0v) is 12.7. The first-order valence-corrected chi connectivity index (χ1v) is 7.76. The van der Waals surface area contributed by atoms with E-state index in [1.54, 1.807) is 0 Å². The summed E-state index contributed by atoms with van der Waals surface area (Å²) in [5.41, 5.74) is 3.68. The van der Waals surface area contributed by atoms with Gasteiger partial charge in [0.15, 0.2) is 0 Å². The van der Waals surface area contributed by atoms with Crippen molar-refractivity contribution in [3.05, 3.63) is 29.3 Å². The Hall–Kier alpha value is -1.51. The molecule has 3 nitrogen and oxygen atoms in total. The largest absolute Gasteiger partial charge is 0.384 e. The van der Waals surface area contributed by atoms with Crippen molar-refractivity contribution in [2.24, 2.45) is 0 Å². The summed E-state index contributed by atoms with van der Waals surface area (Å²) in [5.74, 6) is 0.176. The third-order valence-electron chi connectivity index (χ3n) is 4.24. The average molecular weight is 274 g/mol. The van der Waals surface area contributed by atoms with Crippen molar-refractivity contribution < 1.29 is 4.79 Å². The fraction of sp³-hybridized carbons (Fsp3) is 0.588. The van der Waals surface area contributed by atoms with Gasteiger partial charge in [-0.2, -0.15) is 0 Å². The van der Waals surface area contributed by atoms with Crippen LogP contribution in [-0.4, -0.2) is 18.5 Å². The third-order valence-corrected chi connectivity index (χ3v) is 4.24. The maximum absolute atomic E-state index is 11.9. The lowest BCUT2D eigenvalue weighted by atomic mass is 9.95. The van der Waals surface area contributed by atoms with Crippen molar-refractivity contribution in [3.8, 4) is 0 Å². The normalized spacial score (nSPS) is 15.9.